The Kier molecular flexibility index (Phi) is 6.32. The molecule has 0 radical (unpaired) electrons. The summed E-state index contributed by atoms with van der Waals surface area (Å²) in [4.78, 5) is 12.6. The lowest BCUT2D eigenvalue weighted by Gasteiger charge is -2.18. The van der Waals surface area contributed by atoms with Gasteiger partial charge in [0.25, 0.3) is 0 Å². The number of hydrogen-bond donors (Lipinski definition) is 0. The predicted molar refractivity (Wildman–Crippen MR) is 85.8 cm³/mol. The molecule has 2 aliphatic rings. The molecular formula is C19H32O. The second-order valence-corrected chi connectivity index (χ2v) is 6.88. The third-order valence-corrected chi connectivity index (χ3v) is 5.39. The number of hydrogen-bond acceptors (Lipinski definition) is 1. The number of rotatable bonds is 3. The Balaban J connectivity index is 2.14. The van der Waals surface area contributed by atoms with Gasteiger partial charge in [0.1, 0.15) is 0 Å². The van der Waals surface area contributed by atoms with E-state index in [1.54, 1.807) is 5.57 Å². The zero-order valence-corrected chi connectivity index (χ0v) is 13.5. The van der Waals surface area contributed by atoms with Crippen LogP contribution in [0.25, 0.3) is 0 Å². The molecule has 0 spiro atoms. The second kappa shape index (κ2) is 8.00. The largest absolute Gasteiger partial charge is 0.294 e. The molecule has 2 unspecified atom stereocenters. The van der Waals surface area contributed by atoms with Gasteiger partial charge in [-0.25, -0.2) is 0 Å². The molecule has 0 aromatic carbocycles. The monoisotopic (exact) mass is 276 g/mol. The second-order valence-electron chi connectivity index (χ2n) is 6.88. The predicted octanol–water partition coefficient (Wildman–Crippen LogP) is 5.83. The van der Waals surface area contributed by atoms with E-state index in [0.717, 1.165) is 6.42 Å². The van der Waals surface area contributed by atoms with Crippen LogP contribution in [0.2, 0.25) is 0 Å². The molecular weight excluding hydrogens is 244 g/mol. The molecule has 1 saturated carbocycles. The zero-order valence-electron chi connectivity index (χ0n) is 13.5. The van der Waals surface area contributed by atoms with E-state index < -0.39 is 0 Å². The van der Waals surface area contributed by atoms with E-state index >= 15 is 0 Å². The minimum atomic E-state index is 0.276. The fourth-order valence-corrected chi connectivity index (χ4v) is 4.10. The molecule has 2 aliphatic carbocycles. The van der Waals surface area contributed by atoms with Crippen LogP contribution in [-0.4, -0.2) is 5.78 Å². The first-order chi connectivity index (χ1) is 9.75. The third-order valence-electron chi connectivity index (χ3n) is 5.39. The quantitative estimate of drug-likeness (QED) is 0.633. The first-order valence-electron chi connectivity index (χ1n) is 9.01. The highest BCUT2D eigenvalue weighted by Crippen LogP contribution is 2.42. The molecule has 1 nitrogen and oxygen atoms in total. The van der Waals surface area contributed by atoms with Gasteiger partial charge >= 0.3 is 0 Å². The first-order valence-corrected chi connectivity index (χ1v) is 9.01. The lowest BCUT2D eigenvalue weighted by Crippen LogP contribution is -2.14. The van der Waals surface area contributed by atoms with Crippen LogP contribution in [0.3, 0.4) is 0 Å². The van der Waals surface area contributed by atoms with E-state index in [1.807, 2.05) is 0 Å². The van der Waals surface area contributed by atoms with Crippen LogP contribution in [0.5, 0.6) is 0 Å². The van der Waals surface area contributed by atoms with Gasteiger partial charge in [-0.3, -0.25) is 4.79 Å². The Hall–Kier alpha value is -0.590. The molecule has 1 fully saturated rings. The van der Waals surface area contributed by atoms with Gasteiger partial charge in [-0.1, -0.05) is 64.4 Å². The van der Waals surface area contributed by atoms with Crippen LogP contribution in [-0.2, 0) is 4.79 Å². The van der Waals surface area contributed by atoms with Gasteiger partial charge in [0.15, 0.2) is 5.78 Å². The molecule has 0 amide bonds. The highest BCUT2D eigenvalue weighted by molar-refractivity contribution is 6.00. The number of unbranched alkanes of at least 4 members (excludes halogenated alkanes) is 1. The summed E-state index contributed by atoms with van der Waals surface area (Å²) in [5.74, 6) is 1.36. The van der Waals surface area contributed by atoms with Crippen molar-refractivity contribution in [1.29, 1.82) is 0 Å². The van der Waals surface area contributed by atoms with E-state index in [2.05, 4.69) is 13.8 Å². The summed E-state index contributed by atoms with van der Waals surface area (Å²) in [5.41, 5.74) is 2.83. The number of allylic oxidation sites excluding steroid dienone is 2. The van der Waals surface area contributed by atoms with Crippen LogP contribution >= 0.6 is 0 Å². The molecule has 2 atom stereocenters. The molecule has 0 N–H and O–H groups in total. The number of carbonyl (C=O) groups excluding carboxylic acids is 1. The van der Waals surface area contributed by atoms with Crippen molar-refractivity contribution in [2.45, 2.75) is 90.9 Å². The van der Waals surface area contributed by atoms with E-state index in [-0.39, 0.29) is 5.92 Å². The van der Waals surface area contributed by atoms with E-state index in [4.69, 9.17) is 0 Å². The number of Topliss-reactive ketones (excluding diaryl/α,β-unsaturated/α-hetero) is 1. The lowest BCUT2D eigenvalue weighted by atomic mass is 9.85. The van der Waals surface area contributed by atoms with Gasteiger partial charge in [0.05, 0.1) is 0 Å². The topological polar surface area (TPSA) is 17.1 Å². The number of ketones is 1. The Labute approximate surface area is 125 Å². The SMILES string of the molecule is CCCCC1=C2CCCCCCCCCC2C(C)C1=O. The molecule has 1 heteroatoms. The summed E-state index contributed by atoms with van der Waals surface area (Å²) < 4.78 is 0. The molecule has 0 aromatic rings. The molecule has 0 heterocycles. The molecule has 0 bridgehead atoms. The van der Waals surface area contributed by atoms with Crippen LogP contribution < -0.4 is 0 Å². The van der Waals surface area contributed by atoms with Crippen LogP contribution in [0, 0.1) is 11.8 Å². The average Bonchev–Trinajstić information content (AvgIpc) is 2.66. The minimum absolute atomic E-state index is 0.276. The third kappa shape index (κ3) is 3.74. The van der Waals surface area contributed by atoms with E-state index in [9.17, 15) is 4.79 Å². The van der Waals surface area contributed by atoms with Gasteiger partial charge in [-0.05, 0) is 43.6 Å². The number of fused-ring (bicyclic) bond motifs is 1. The summed E-state index contributed by atoms with van der Waals surface area (Å²) in [6, 6.07) is 0. The van der Waals surface area contributed by atoms with Gasteiger partial charge in [0.2, 0.25) is 0 Å². The summed E-state index contributed by atoms with van der Waals surface area (Å²) in [6.45, 7) is 4.41. The van der Waals surface area contributed by atoms with Crippen molar-refractivity contribution in [1.82, 2.24) is 0 Å². The van der Waals surface area contributed by atoms with Crippen molar-refractivity contribution >= 4 is 5.78 Å². The van der Waals surface area contributed by atoms with Gasteiger partial charge in [0, 0.05) is 5.92 Å². The van der Waals surface area contributed by atoms with Gasteiger partial charge in [-0.15, -0.1) is 0 Å². The fourth-order valence-electron chi connectivity index (χ4n) is 4.10. The Morgan fingerprint density at radius 1 is 1.00 bits per heavy atom. The molecule has 0 saturated heterocycles. The molecule has 0 aromatic heterocycles. The summed E-state index contributed by atoms with van der Waals surface area (Å²) >= 11 is 0. The normalized spacial score (nSPS) is 29.2. The number of carbonyl (C=O) groups is 1. The van der Waals surface area contributed by atoms with Crippen molar-refractivity contribution < 1.29 is 4.79 Å². The maximum absolute atomic E-state index is 12.6. The maximum atomic E-state index is 12.6. The van der Waals surface area contributed by atoms with Crippen LogP contribution in [0.15, 0.2) is 11.1 Å². The molecule has 114 valence electrons. The lowest BCUT2D eigenvalue weighted by molar-refractivity contribution is -0.118. The molecule has 2 rings (SSSR count). The summed E-state index contributed by atoms with van der Waals surface area (Å²) in [7, 11) is 0. The standard InChI is InChI=1S/C19H32O/c1-3-4-12-18-17-14-11-9-7-5-6-8-10-13-16(17)15(2)19(18)20/h15-16H,3-14H2,1-2H3. The van der Waals surface area contributed by atoms with Crippen molar-refractivity contribution in [3.05, 3.63) is 11.1 Å². The Morgan fingerprint density at radius 2 is 1.65 bits per heavy atom. The van der Waals surface area contributed by atoms with Crippen molar-refractivity contribution in [3.63, 3.8) is 0 Å². The highest BCUT2D eigenvalue weighted by Gasteiger charge is 2.37. The van der Waals surface area contributed by atoms with Gasteiger partial charge < -0.3 is 0 Å². The summed E-state index contributed by atoms with van der Waals surface area (Å²) in [6.07, 6.45) is 15.5. The zero-order chi connectivity index (χ0) is 14.4. The molecule has 0 aliphatic heterocycles. The molecule has 20 heavy (non-hydrogen) atoms. The average molecular weight is 276 g/mol. The van der Waals surface area contributed by atoms with Crippen LogP contribution in [0.1, 0.15) is 90.9 Å². The highest BCUT2D eigenvalue weighted by atomic mass is 16.1. The van der Waals surface area contributed by atoms with Crippen molar-refractivity contribution in [2.75, 3.05) is 0 Å². The van der Waals surface area contributed by atoms with Crippen molar-refractivity contribution in [2.24, 2.45) is 11.8 Å². The first kappa shape index (κ1) is 15.8. The smallest absolute Gasteiger partial charge is 0.162 e. The maximum Gasteiger partial charge on any atom is 0.162 e. The minimum Gasteiger partial charge on any atom is -0.294 e. The fraction of sp³-hybridized carbons (Fsp3) is 0.842. The Bertz CT molecular complexity index is 353. The van der Waals surface area contributed by atoms with Crippen molar-refractivity contribution in [3.8, 4) is 0 Å². The van der Waals surface area contributed by atoms with Gasteiger partial charge in [-0.2, -0.15) is 0 Å². The summed E-state index contributed by atoms with van der Waals surface area (Å²) in [5, 5.41) is 0. The Morgan fingerprint density at radius 3 is 2.35 bits per heavy atom. The van der Waals surface area contributed by atoms with Crippen LogP contribution in [0.4, 0.5) is 0 Å². The van der Waals surface area contributed by atoms with E-state index in [0.29, 0.717) is 11.7 Å². The van der Waals surface area contributed by atoms with E-state index in [1.165, 1.54) is 76.2 Å².